The molecule has 2 unspecified atom stereocenters. The summed E-state index contributed by atoms with van der Waals surface area (Å²) in [5.74, 6) is 0. The van der Waals surface area contributed by atoms with Crippen molar-refractivity contribution >= 4 is 28.4 Å². The van der Waals surface area contributed by atoms with E-state index in [4.69, 9.17) is 5.73 Å². The zero-order chi connectivity index (χ0) is 16.5. The monoisotopic (exact) mass is 323 g/mol. The Morgan fingerprint density at radius 3 is 2.58 bits per heavy atom. The average Bonchev–Trinajstić information content (AvgIpc) is 3.15. The first-order chi connectivity index (χ1) is 11.7. The third-order valence-corrected chi connectivity index (χ3v) is 4.99. The molecule has 126 valence electrons. The summed E-state index contributed by atoms with van der Waals surface area (Å²) in [6.07, 6.45) is 2.92. The lowest BCUT2D eigenvalue weighted by Crippen LogP contribution is -2.40. The van der Waals surface area contributed by atoms with Gasteiger partial charge in [0.1, 0.15) is 6.17 Å². The van der Waals surface area contributed by atoms with Crippen LogP contribution in [0.15, 0.2) is 42.5 Å². The predicted octanol–water partition coefficient (Wildman–Crippen LogP) is 3.66. The summed E-state index contributed by atoms with van der Waals surface area (Å²) in [7, 11) is 0. The van der Waals surface area contributed by atoms with Gasteiger partial charge >= 0.3 is 0 Å². The van der Waals surface area contributed by atoms with Gasteiger partial charge in [-0.3, -0.25) is 4.90 Å². The number of hydrogen-bond acceptors (Lipinski definition) is 5. The summed E-state index contributed by atoms with van der Waals surface area (Å²) in [4.78, 5) is 2.56. The Morgan fingerprint density at radius 1 is 1.08 bits per heavy atom. The second kappa shape index (κ2) is 6.24. The van der Waals surface area contributed by atoms with Gasteiger partial charge in [0.2, 0.25) is 0 Å². The second-order valence-electron chi connectivity index (χ2n) is 6.83. The topological polar surface area (TPSA) is 65.3 Å². The quantitative estimate of drug-likeness (QED) is 0.647. The van der Waals surface area contributed by atoms with Crippen molar-refractivity contribution in [1.29, 1.82) is 0 Å². The molecule has 5 heteroatoms. The maximum Gasteiger partial charge on any atom is 0.110 e. The van der Waals surface area contributed by atoms with Gasteiger partial charge in [-0.25, -0.2) is 0 Å². The fourth-order valence-electron chi connectivity index (χ4n) is 3.60. The van der Waals surface area contributed by atoms with Gasteiger partial charge in [-0.2, -0.15) is 0 Å². The van der Waals surface area contributed by atoms with Crippen molar-refractivity contribution in [3.05, 3.63) is 42.5 Å². The molecule has 0 aliphatic carbocycles. The molecule has 5 N–H and O–H groups in total. The number of rotatable bonds is 4. The Labute approximate surface area is 143 Å². The van der Waals surface area contributed by atoms with Crippen molar-refractivity contribution in [3.8, 4) is 0 Å². The Hall–Kier alpha value is -2.40. The van der Waals surface area contributed by atoms with E-state index in [9.17, 15) is 0 Å². The average molecular weight is 323 g/mol. The van der Waals surface area contributed by atoms with Gasteiger partial charge in [0, 0.05) is 29.6 Å². The summed E-state index contributed by atoms with van der Waals surface area (Å²) >= 11 is 0. The van der Waals surface area contributed by atoms with Gasteiger partial charge in [-0.1, -0.05) is 0 Å². The summed E-state index contributed by atoms with van der Waals surface area (Å²) in [5.41, 5.74) is 11.0. The van der Waals surface area contributed by atoms with Gasteiger partial charge < -0.3 is 21.7 Å². The zero-order valence-corrected chi connectivity index (χ0v) is 14.0. The number of hydrogen-bond donors (Lipinski definition) is 4. The highest BCUT2D eigenvalue weighted by Crippen LogP contribution is 2.33. The molecule has 5 nitrogen and oxygen atoms in total. The van der Waals surface area contributed by atoms with Crippen LogP contribution in [0.2, 0.25) is 0 Å². The van der Waals surface area contributed by atoms with E-state index < -0.39 is 0 Å². The number of nitrogens with one attached hydrogen (secondary N) is 3. The molecule has 0 aromatic heterocycles. The third-order valence-electron chi connectivity index (χ3n) is 4.99. The SMILES string of the molecule is CC1CCCN1CC1Nc2ccc(Nc3ccc(N)cc3)cc2N1. The summed E-state index contributed by atoms with van der Waals surface area (Å²) in [6, 6.07) is 14.9. The van der Waals surface area contributed by atoms with E-state index in [2.05, 4.69) is 46.0 Å². The van der Waals surface area contributed by atoms with E-state index in [0.29, 0.717) is 6.04 Å². The molecule has 2 aromatic rings. The van der Waals surface area contributed by atoms with E-state index in [-0.39, 0.29) is 6.17 Å². The van der Waals surface area contributed by atoms with Crippen LogP contribution < -0.4 is 21.7 Å². The van der Waals surface area contributed by atoms with Crippen molar-refractivity contribution in [1.82, 2.24) is 4.90 Å². The maximum atomic E-state index is 5.74. The Kier molecular flexibility index (Phi) is 3.94. The van der Waals surface area contributed by atoms with Crippen LogP contribution in [-0.2, 0) is 0 Å². The van der Waals surface area contributed by atoms with Crippen molar-refractivity contribution < 1.29 is 0 Å². The fraction of sp³-hybridized carbons (Fsp3) is 0.368. The van der Waals surface area contributed by atoms with Crippen molar-refractivity contribution in [3.63, 3.8) is 0 Å². The minimum atomic E-state index is 0.285. The maximum absolute atomic E-state index is 5.74. The van der Waals surface area contributed by atoms with Crippen LogP contribution in [0.5, 0.6) is 0 Å². The first kappa shape index (κ1) is 15.1. The van der Waals surface area contributed by atoms with Crippen LogP contribution in [0, 0.1) is 0 Å². The van der Waals surface area contributed by atoms with Crippen molar-refractivity contribution in [2.24, 2.45) is 0 Å². The number of likely N-dealkylation sites (tertiary alicyclic amines) is 1. The molecular formula is C19H25N5. The largest absolute Gasteiger partial charge is 0.399 e. The normalized spacial score (nSPS) is 22.7. The lowest BCUT2D eigenvalue weighted by Gasteiger charge is -2.25. The van der Waals surface area contributed by atoms with Gasteiger partial charge in [-0.05, 0) is 68.8 Å². The van der Waals surface area contributed by atoms with E-state index in [1.165, 1.54) is 25.1 Å². The number of fused-ring (bicyclic) bond motifs is 1. The molecule has 2 aromatic carbocycles. The molecule has 0 spiro atoms. The van der Waals surface area contributed by atoms with Gasteiger partial charge in [0.05, 0.1) is 11.4 Å². The van der Waals surface area contributed by atoms with Crippen LogP contribution >= 0.6 is 0 Å². The molecule has 1 fully saturated rings. The lowest BCUT2D eigenvalue weighted by atomic mass is 10.2. The zero-order valence-electron chi connectivity index (χ0n) is 14.0. The number of anilines is 5. The number of nitrogens with two attached hydrogens (primary N) is 1. The molecule has 0 amide bonds. The minimum Gasteiger partial charge on any atom is -0.399 e. The minimum absolute atomic E-state index is 0.285. The summed E-state index contributed by atoms with van der Waals surface area (Å²) < 4.78 is 0. The standard InChI is InChI=1S/C19H25N5/c1-13-3-2-10-24(13)12-19-22-17-9-8-16(11-18(17)23-19)21-15-6-4-14(20)5-7-15/h4-9,11,13,19,21-23H,2-3,10,12,20H2,1H3. The highest BCUT2D eigenvalue weighted by Gasteiger charge is 2.26. The highest BCUT2D eigenvalue weighted by molar-refractivity contribution is 5.79. The molecule has 24 heavy (non-hydrogen) atoms. The Morgan fingerprint density at radius 2 is 1.83 bits per heavy atom. The predicted molar refractivity (Wildman–Crippen MR) is 102 cm³/mol. The number of nitrogens with zero attached hydrogens (tertiary/aromatic N) is 1. The summed E-state index contributed by atoms with van der Waals surface area (Å²) in [5, 5.41) is 10.6. The van der Waals surface area contributed by atoms with Crippen LogP contribution in [0.25, 0.3) is 0 Å². The van der Waals surface area contributed by atoms with E-state index in [1.54, 1.807) is 0 Å². The first-order valence-corrected chi connectivity index (χ1v) is 8.71. The molecule has 0 bridgehead atoms. The Balaban J connectivity index is 1.42. The fourth-order valence-corrected chi connectivity index (χ4v) is 3.60. The molecule has 0 saturated carbocycles. The highest BCUT2D eigenvalue weighted by atomic mass is 15.3. The molecular weight excluding hydrogens is 298 g/mol. The van der Waals surface area contributed by atoms with Crippen LogP contribution in [0.3, 0.4) is 0 Å². The molecule has 4 rings (SSSR count). The molecule has 2 aliphatic heterocycles. The van der Waals surface area contributed by atoms with E-state index in [1.807, 2.05) is 24.3 Å². The van der Waals surface area contributed by atoms with Crippen LogP contribution in [-0.4, -0.2) is 30.2 Å². The van der Waals surface area contributed by atoms with Gasteiger partial charge in [-0.15, -0.1) is 0 Å². The second-order valence-corrected chi connectivity index (χ2v) is 6.83. The third kappa shape index (κ3) is 3.12. The molecule has 2 aliphatic rings. The van der Waals surface area contributed by atoms with Crippen molar-refractivity contribution in [2.45, 2.75) is 32.0 Å². The molecule has 1 saturated heterocycles. The molecule has 2 heterocycles. The Bertz CT molecular complexity index is 712. The van der Waals surface area contributed by atoms with Crippen LogP contribution in [0.4, 0.5) is 28.4 Å². The van der Waals surface area contributed by atoms with Gasteiger partial charge in [0.15, 0.2) is 0 Å². The van der Waals surface area contributed by atoms with Gasteiger partial charge in [0.25, 0.3) is 0 Å². The molecule has 2 atom stereocenters. The van der Waals surface area contributed by atoms with E-state index in [0.717, 1.165) is 29.3 Å². The lowest BCUT2D eigenvalue weighted by molar-refractivity contribution is 0.264. The van der Waals surface area contributed by atoms with Crippen molar-refractivity contribution in [2.75, 3.05) is 34.8 Å². The molecule has 0 radical (unpaired) electrons. The number of benzene rings is 2. The first-order valence-electron chi connectivity index (χ1n) is 8.71. The smallest absolute Gasteiger partial charge is 0.110 e. The van der Waals surface area contributed by atoms with E-state index >= 15 is 0 Å². The van der Waals surface area contributed by atoms with Crippen LogP contribution in [0.1, 0.15) is 19.8 Å². The summed E-state index contributed by atoms with van der Waals surface area (Å²) in [6.45, 7) is 4.57. The number of nitrogen functional groups attached to an aromatic ring is 1.